The molecule has 1 aliphatic rings. The molecule has 1 aromatic rings. The first-order chi connectivity index (χ1) is 11.5. The molecule has 0 aromatic heterocycles. The van der Waals surface area contributed by atoms with E-state index in [-0.39, 0.29) is 30.2 Å². The molecule has 0 unspecified atom stereocenters. The quantitative estimate of drug-likeness (QED) is 0.862. The predicted molar refractivity (Wildman–Crippen MR) is 83.5 cm³/mol. The van der Waals surface area contributed by atoms with E-state index in [0.717, 1.165) is 5.56 Å². The van der Waals surface area contributed by atoms with Crippen LogP contribution in [0.4, 0.5) is 13.6 Å². The Bertz CT molecular complexity index is 557. The molecule has 1 fully saturated rings. The maximum atomic E-state index is 12.4. The van der Waals surface area contributed by atoms with Gasteiger partial charge in [-0.2, -0.15) is 8.78 Å². The van der Waals surface area contributed by atoms with Crippen LogP contribution in [0.5, 0.6) is 11.5 Å². The molecule has 24 heavy (non-hydrogen) atoms. The van der Waals surface area contributed by atoms with Crippen LogP contribution in [0.25, 0.3) is 0 Å². The normalized spacial score (nSPS) is 17.7. The van der Waals surface area contributed by atoms with Crippen molar-refractivity contribution in [1.82, 2.24) is 10.2 Å². The molecule has 0 aliphatic carbocycles. The number of rotatable bonds is 6. The monoisotopic (exact) mass is 344 g/mol. The summed E-state index contributed by atoms with van der Waals surface area (Å²) in [6.45, 7) is 2.93. The molecular formula is C16H22F2N2O4. The van der Waals surface area contributed by atoms with Gasteiger partial charge in [0, 0.05) is 19.6 Å². The highest BCUT2D eigenvalue weighted by atomic mass is 19.3. The highest BCUT2D eigenvalue weighted by molar-refractivity contribution is 5.74. The summed E-state index contributed by atoms with van der Waals surface area (Å²) < 4.78 is 39.9. The summed E-state index contributed by atoms with van der Waals surface area (Å²) in [5.74, 6) is 0.202. The largest absolute Gasteiger partial charge is 0.490 e. The molecule has 0 radical (unpaired) electrons. The summed E-state index contributed by atoms with van der Waals surface area (Å²) in [5, 5.41) is 2.81. The first-order valence-corrected chi connectivity index (χ1v) is 7.84. The number of urea groups is 1. The number of amides is 2. The van der Waals surface area contributed by atoms with E-state index in [2.05, 4.69) is 10.1 Å². The molecule has 1 aromatic carbocycles. The number of halogens is 2. The molecule has 8 heteroatoms. The number of benzene rings is 1. The molecule has 1 saturated heterocycles. The van der Waals surface area contributed by atoms with Gasteiger partial charge in [0.05, 0.1) is 19.3 Å². The van der Waals surface area contributed by atoms with Crippen molar-refractivity contribution in [2.45, 2.75) is 33.1 Å². The van der Waals surface area contributed by atoms with E-state index in [1.165, 1.54) is 6.07 Å². The van der Waals surface area contributed by atoms with Gasteiger partial charge in [0.1, 0.15) is 0 Å². The molecule has 1 N–H and O–H groups in total. The molecule has 0 bridgehead atoms. The van der Waals surface area contributed by atoms with Crippen LogP contribution in [0.3, 0.4) is 0 Å². The zero-order valence-corrected chi connectivity index (χ0v) is 13.8. The van der Waals surface area contributed by atoms with E-state index in [1.54, 1.807) is 24.0 Å². The lowest BCUT2D eigenvalue weighted by atomic mass is 10.2. The van der Waals surface area contributed by atoms with Gasteiger partial charge in [-0.1, -0.05) is 6.07 Å². The Hall–Kier alpha value is -2.09. The number of carbonyl (C=O) groups is 1. The SMILES string of the molecule is CCOc1cc(CNC(=O)N2CCO[C@H](C)C2)ccc1OC(F)F. The van der Waals surface area contributed by atoms with Crippen molar-refractivity contribution < 1.29 is 27.8 Å². The van der Waals surface area contributed by atoms with Crippen molar-refractivity contribution in [3.63, 3.8) is 0 Å². The third kappa shape index (κ3) is 5.23. The third-order valence-corrected chi connectivity index (χ3v) is 3.50. The van der Waals surface area contributed by atoms with E-state index in [1.807, 2.05) is 6.92 Å². The number of morpholine rings is 1. The van der Waals surface area contributed by atoms with Crippen molar-refractivity contribution in [1.29, 1.82) is 0 Å². The van der Waals surface area contributed by atoms with Crippen LogP contribution in [-0.4, -0.2) is 49.9 Å². The van der Waals surface area contributed by atoms with E-state index in [0.29, 0.717) is 26.3 Å². The molecule has 6 nitrogen and oxygen atoms in total. The molecule has 1 atom stereocenters. The average molecular weight is 344 g/mol. The standard InChI is InChI=1S/C16H22F2N2O4/c1-3-22-14-8-12(4-5-13(14)24-15(17)18)9-19-16(21)20-6-7-23-11(2)10-20/h4-5,8,11,15H,3,6-7,9-10H2,1-2H3,(H,19,21)/t11-/m1/s1. The minimum Gasteiger partial charge on any atom is -0.490 e. The number of nitrogens with zero attached hydrogens (tertiary/aromatic N) is 1. The molecular weight excluding hydrogens is 322 g/mol. The predicted octanol–water partition coefficient (Wildman–Crippen LogP) is 2.62. The Morgan fingerprint density at radius 1 is 1.46 bits per heavy atom. The molecule has 0 saturated carbocycles. The first kappa shape index (κ1) is 18.3. The maximum Gasteiger partial charge on any atom is 0.387 e. The zero-order valence-electron chi connectivity index (χ0n) is 13.8. The van der Waals surface area contributed by atoms with Gasteiger partial charge in [0.25, 0.3) is 0 Å². The summed E-state index contributed by atoms with van der Waals surface area (Å²) >= 11 is 0. The Kier molecular flexibility index (Phi) is 6.60. The molecule has 2 rings (SSSR count). The minimum absolute atomic E-state index is 0.0137. The van der Waals surface area contributed by atoms with Crippen LogP contribution in [0.1, 0.15) is 19.4 Å². The summed E-state index contributed by atoms with van der Waals surface area (Å²) in [6.07, 6.45) is 0.0137. The van der Waals surface area contributed by atoms with Crippen molar-refractivity contribution in [3.05, 3.63) is 23.8 Å². The van der Waals surface area contributed by atoms with Gasteiger partial charge >= 0.3 is 12.6 Å². The molecule has 2 amide bonds. The number of hydrogen-bond acceptors (Lipinski definition) is 4. The fourth-order valence-electron chi connectivity index (χ4n) is 2.42. The molecule has 1 heterocycles. The van der Waals surface area contributed by atoms with Crippen molar-refractivity contribution in [2.24, 2.45) is 0 Å². The number of alkyl halides is 2. The van der Waals surface area contributed by atoms with Gasteiger partial charge < -0.3 is 24.4 Å². The van der Waals surface area contributed by atoms with Crippen LogP contribution in [0.15, 0.2) is 18.2 Å². The maximum absolute atomic E-state index is 12.4. The smallest absolute Gasteiger partial charge is 0.387 e. The second kappa shape index (κ2) is 8.68. The van der Waals surface area contributed by atoms with Crippen molar-refractivity contribution >= 4 is 6.03 Å². The Morgan fingerprint density at radius 2 is 2.25 bits per heavy atom. The highest BCUT2D eigenvalue weighted by Gasteiger charge is 2.21. The summed E-state index contributed by atoms with van der Waals surface area (Å²) in [7, 11) is 0. The van der Waals surface area contributed by atoms with Gasteiger partial charge in [-0.05, 0) is 31.5 Å². The van der Waals surface area contributed by atoms with Gasteiger partial charge in [0.2, 0.25) is 0 Å². The fourth-order valence-corrected chi connectivity index (χ4v) is 2.42. The minimum atomic E-state index is -2.92. The summed E-state index contributed by atoms with van der Waals surface area (Å²) in [5.41, 5.74) is 0.731. The van der Waals surface area contributed by atoms with E-state index in [4.69, 9.17) is 9.47 Å². The number of ether oxygens (including phenoxy) is 3. The van der Waals surface area contributed by atoms with E-state index < -0.39 is 6.61 Å². The van der Waals surface area contributed by atoms with E-state index >= 15 is 0 Å². The third-order valence-electron chi connectivity index (χ3n) is 3.50. The lowest BCUT2D eigenvalue weighted by Gasteiger charge is -2.31. The van der Waals surface area contributed by atoms with Crippen LogP contribution < -0.4 is 14.8 Å². The van der Waals surface area contributed by atoms with Gasteiger partial charge in [-0.3, -0.25) is 0 Å². The second-order valence-corrected chi connectivity index (χ2v) is 5.38. The van der Waals surface area contributed by atoms with Crippen LogP contribution in [-0.2, 0) is 11.3 Å². The Labute approximate surface area is 139 Å². The average Bonchev–Trinajstić information content (AvgIpc) is 2.54. The lowest BCUT2D eigenvalue weighted by molar-refractivity contribution is -0.0514. The lowest BCUT2D eigenvalue weighted by Crippen LogP contribution is -2.48. The van der Waals surface area contributed by atoms with Crippen LogP contribution >= 0.6 is 0 Å². The highest BCUT2D eigenvalue weighted by Crippen LogP contribution is 2.29. The number of carbonyl (C=O) groups excluding carboxylic acids is 1. The van der Waals surface area contributed by atoms with Crippen LogP contribution in [0, 0.1) is 0 Å². The Balaban J connectivity index is 1.96. The fraction of sp³-hybridized carbons (Fsp3) is 0.562. The number of hydrogen-bond donors (Lipinski definition) is 1. The van der Waals surface area contributed by atoms with Crippen molar-refractivity contribution in [2.75, 3.05) is 26.3 Å². The molecule has 1 aliphatic heterocycles. The second-order valence-electron chi connectivity index (χ2n) is 5.38. The zero-order chi connectivity index (χ0) is 17.5. The van der Waals surface area contributed by atoms with Gasteiger partial charge in [0.15, 0.2) is 11.5 Å². The topological polar surface area (TPSA) is 60.0 Å². The molecule has 0 spiro atoms. The van der Waals surface area contributed by atoms with Gasteiger partial charge in [-0.25, -0.2) is 4.79 Å². The van der Waals surface area contributed by atoms with Crippen molar-refractivity contribution in [3.8, 4) is 11.5 Å². The Morgan fingerprint density at radius 3 is 2.92 bits per heavy atom. The summed E-state index contributed by atoms with van der Waals surface area (Å²) in [6, 6.07) is 4.43. The molecule has 134 valence electrons. The first-order valence-electron chi connectivity index (χ1n) is 7.84. The van der Waals surface area contributed by atoms with Crippen LogP contribution in [0.2, 0.25) is 0 Å². The summed E-state index contributed by atoms with van der Waals surface area (Å²) in [4.78, 5) is 13.8. The van der Waals surface area contributed by atoms with Gasteiger partial charge in [-0.15, -0.1) is 0 Å². The number of nitrogens with one attached hydrogen (secondary N) is 1. The van der Waals surface area contributed by atoms with E-state index in [9.17, 15) is 13.6 Å².